The van der Waals surface area contributed by atoms with E-state index in [4.69, 9.17) is 4.74 Å². The van der Waals surface area contributed by atoms with E-state index < -0.39 is 0 Å². The summed E-state index contributed by atoms with van der Waals surface area (Å²) in [6, 6.07) is 2.13. The molecule has 1 saturated heterocycles. The summed E-state index contributed by atoms with van der Waals surface area (Å²) < 4.78 is 5.22. The average molecular weight is 248 g/mol. The van der Waals surface area contributed by atoms with Crippen LogP contribution in [0.3, 0.4) is 0 Å². The van der Waals surface area contributed by atoms with Gasteiger partial charge < -0.3 is 10.1 Å². The van der Waals surface area contributed by atoms with Gasteiger partial charge in [-0.1, -0.05) is 0 Å². The van der Waals surface area contributed by atoms with Crippen LogP contribution in [0.4, 0.5) is 0 Å². The molecule has 1 N–H and O–H groups in total. The second kappa shape index (κ2) is 6.10. The second-order valence-corrected chi connectivity index (χ2v) is 4.15. The van der Waals surface area contributed by atoms with Crippen molar-refractivity contribution in [3.8, 4) is 0 Å². The number of hydrogen-bond donors (Lipinski definition) is 1. The Balaban J connectivity index is 0.00000112. The first-order chi connectivity index (χ1) is 6.86. The molecule has 1 aliphatic heterocycles. The van der Waals surface area contributed by atoms with Crippen molar-refractivity contribution in [3.63, 3.8) is 0 Å². The van der Waals surface area contributed by atoms with Gasteiger partial charge in [-0.2, -0.15) is 11.3 Å². The lowest BCUT2D eigenvalue weighted by molar-refractivity contribution is 0.0696. The van der Waals surface area contributed by atoms with E-state index in [2.05, 4.69) is 5.32 Å². The Morgan fingerprint density at radius 2 is 2.20 bits per heavy atom. The van der Waals surface area contributed by atoms with Crippen LogP contribution in [0.5, 0.6) is 0 Å². The van der Waals surface area contributed by atoms with Crippen molar-refractivity contribution in [2.75, 3.05) is 13.2 Å². The molecular formula is C10H14ClNO2S. The average Bonchev–Trinajstić information content (AvgIpc) is 2.72. The van der Waals surface area contributed by atoms with E-state index in [1.807, 2.05) is 16.8 Å². The lowest BCUT2D eigenvalue weighted by atomic mass is 10.1. The fourth-order valence-electron chi connectivity index (χ4n) is 1.50. The fourth-order valence-corrected chi connectivity index (χ4v) is 2.14. The molecule has 0 spiro atoms. The summed E-state index contributed by atoms with van der Waals surface area (Å²) in [7, 11) is 0. The van der Waals surface area contributed by atoms with Gasteiger partial charge in [-0.05, 0) is 24.3 Å². The number of rotatable bonds is 2. The molecule has 0 atom stereocenters. The monoisotopic (exact) mass is 247 g/mol. The maximum absolute atomic E-state index is 11.6. The summed E-state index contributed by atoms with van der Waals surface area (Å²) in [6.45, 7) is 1.52. The van der Waals surface area contributed by atoms with Gasteiger partial charge in [0, 0.05) is 30.2 Å². The summed E-state index contributed by atoms with van der Waals surface area (Å²) >= 11 is 1.54. The topological polar surface area (TPSA) is 38.3 Å². The highest BCUT2D eigenvalue weighted by Crippen LogP contribution is 2.09. The van der Waals surface area contributed by atoms with Crippen molar-refractivity contribution in [2.24, 2.45) is 0 Å². The molecule has 15 heavy (non-hydrogen) atoms. The molecule has 0 unspecified atom stereocenters. The van der Waals surface area contributed by atoms with E-state index in [-0.39, 0.29) is 24.4 Å². The number of carbonyl (C=O) groups is 1. The van der Waals surface area contributed by atoms with E-state index in [0.717, 1.165) is 31.6 Å². The molecule has 1 aromatic heterocycles. The Labute approximate surface area is 99.2 Å². The van der Waals surface area contributed by atoms with Crippen LogP contribution in [0.2, 0.25) is 0 Å². The predicted molar refractivity (Wildman–Crippen MR) is 62.9 cm³/mol. The lowest BCUT2D eigenvalue weighted by Gasteiger charge is -2.22. The quantitative estimate of drug-likeness (QED) is 0.869. The van der Waals surface area contributed by atoms with Crippen LogP contribution in [0.25, 0.3) is 0 Å². The van der Waals surface area contributed by atoms with Crippen LogP contribution in [-0.2, 0) is 4.74 Å². The Morgan fingerprint density at radius 1 is 1.47 bits per heavy atom. The molecule has 0 saturated carbocycles. The summed E-state index contributed by atoms with van der Waals surface area (Å²) in [4.78, 5) is 11.6. The summed E-state index contributed by atoms with van der Waals surface area (Å²) in [5.41, 5.74) is 0.765. The third-order valence-electron chi connectivity index (χ3n) is 2.34. The second-order valence-electron chi connectivity index (χ2n) is 3.37. The molecule has 1 aliphatic rings. The van der Waals surface area contributed by atoms with E-state index in [0.29, 0.717) is 0 Å². The SMILES string of the molecule is Cl.O=C(NC1CCOCC1)c1ccsc1. The van der Waals surface area contributed by atoms with Crippen molar-refractivity contribution in [1.29, 1.82) is 0 Å². The molecule has 0 aromatic carbocycles. The van der Waals surface area contributed by atoms with E-state index in [1.165, 1.54) is 0 Å². The molecule has 1 amide bonds. The number of amides is 1. The molecule has 0 radical (unpaired) electrons. The van der Waals surface area contributed by atoms with Crippen molar-refractivity contribution < 1.29 is 9.53 Å². The number of hydrogen-bond acceptors (Lipinski definition) is 3. The molecule has 3 nitrogen and oxygen atoms in total. The molecule has 5 heteroatoms. The minimum atomic E-state index is 0. The number of carbonyl (C=O) groups excluding carboxylic acids is 1. The number of halogens is 1. The van der Waals surface area contributed by atoms with Crippen LogP contribution >= 0.6 is 23.7 Å². The van der Waals surface area contributed by atoms with E-state index in [9.17, 15) is 4.79 Å². The van der Waals surface area contributed by atoms with Crippen molar-refractivity contribution >= 4 is 29.7 Å². The highest BCUT2D eigenvalue weighted by molar-refractivity contribution is 7.08. The molecule has 2 rings (SSSR count). The Hall–Kier alpha value is -0.580. The van der Waals surface area contributed by atoms with Gasteiger partial charge in [0.25, 0.3) is 5.91 Å². The van der Waals surface area contributed by atoms with Gasteiger partial charge in [-0.15, -0.1) is 12.4 Å². The van der Waals surface area contributed by atoms with Crippen molar-refractivity contribution in [1.82, 2.24) is 5.32 Å². The third-order valence-corrected chi connectivity index (χ3v) is 3.02. The maximum Gasteiger partial charge on any atom is 0.252 e. The van der Waals surface area contributed by atoms with Gasteiger partial charge >= 0.3 is 0 Å². The molecule has 2 heterocycles. The molecule has 84 valence electrons. The van der Waals surface area contributed by atoms with Gasteiger partial charge in [-0.3, -0.25) is 4.79 Å². The Bertz CT molecular complexity index is 296. The Kier molecular flexibility index (Phi) is 5.08. The van der Waals surface area contributed by atoms with Gasteiger partial charge in [0.1, 0.15) is 0 Å². The zero-order chi connectivity index (χ0) is 9.80. The standard InChI is InChI=1S/C10H13NO2S.ClH/c12-10(8-3-6-14-7-8)11-9-1-4-13-5-2-9;/h3,6-7,9H,1-2,4-5H2,(H,11,12);1H. The third kappa shape index (κ3) is 3.48. The van der Waals surface area contributed by atoms with Gasteiger partial charge in [0.2, 0.25) is 0 Å². The van der Waals surface area contributed by atoms with Crippen LogP contribution in [0, 0.1) is 0 Å². The molecule has 1 aromatic rings. The summed E-state index contributed by atoms with van der Waals surface area (Å²) in [6.07, 6.45) is 1.85. The van der Waals surface area contributed by atoms with Crippen LogP contribution in [0.1, 0.15) is 23.2 Å². The van der Waals surface area contributed by atoms with Crippen LogP contribution in [0.15, 0.2) is 16.8 Å². The van der Waals surface area contributed by atoms with Gasteiger partial charge in [0.05, 0.1) is 0 Å². The van der Waals surface area contributed by atoms with Gasteiger partial charge in [0.15, 0.2) is 0 Å². The normalized spacial score (nSPS) is 16.8. The first-order valence-corrected chi connectivity index (χ1v) is 5.71. The number of thiophene rings is 1. The summed E-state index contributed by atoms with van der Waals surface area (Å²) in [5, 5.41) is 6.79. The van der Waals surface area contributed by atoms with Crippen LogP contribution < -0.4 is 5.32 Å². The molecule has 0 aliphatic carbocycles. The lowest BCUT2D eigenvalue weighted by Crippen LogP contribution is -2.38. The minimum absolute atomic E-state index is 0. The smallest absolute Gasteiger partial charge is 0.252 e. The largest absolute Gasteiger partial charge is 0.381 e. The Morgan fingerprint density at radius 3 is 2.80 bits per heavy atom. The van der Waals surface area contributed by atoms with Gasteiger partial charge in [-0.25, -0.2) is 0 Å². The minimum Gasteiger partial charge on any atom is -0.381 e. The zero-order valence-corrected chi connectivity index (χ0v) is 9.90. The fraction of sp³-hybridized carbons (Fsp3) is 0.500. The highest BCUT2D eigenvalue weighted by atomic mass is 35.5. The van der Waals surface area contributed by atoms with E-state index >= 15 is 0 Å². The highest BCUT2D eigenvalue weighted by Gasteiger charge is 2.16. The number of ether oxygens (including phenoxy) is 1. The van der Waals surface area contributed by atoms with Crippen molar-refractivity contribution in [3.05, 3.63) is 22.4 Å². The first-order valence-electron chi connectivity index (χ1n) is 4.77. The molecule has 0 bridgehead atoms. The predicted octanol–water partition coefficient (Wildman–Crippen LogP) is 2.08. The molecule has 1 fully saturated rings. The van der Waals surface area contributed by atoms with E-state index in [1.54, 1.807) is 11.3 Å². The van der Waals surface area contributed by atoms with Crippen LogP contribution in [-0.4, -0.2) is 25.2 Å². The zero-order valence-electron chi connectivity index (χ0n) is 8.27. The number of nitrogens with one attached hydrogen (secondary N) is 1. The maximum atomic E-state index is 11.6. The summed E-state index contributed by atoms with van der Waals surface area (Å²) in [5.74, 6) is 0.0400. The molecular weight excluding hydrogens is 234 g/mol. The first kappa shape index (κ1) is 12.5. The van der Waals surface area contributed by atoms with Crippen molar-refractivity contribution in [2.45, 2.75) is 18.9 Å².